The van der Waals surface area contributed by atoms with E-state index in [1.165, 1.54) is 0 Å². The summed E-state index contributed by atoms with van der Waals surface area (Å²) in [7, 11) is 0. The van der Waals surface area contributed by atoms with Crippen molar-refractivity contribution in [2.45, 2.75) is 6.92 Å². The Labute approximate surface area is 225 Å². The van der Waals surface area contributed by atoms with Gasteiger partial charge in [-0.1, -0.05) is 66.7 Å². The van der Waals surface area contributed by atoms with Gasteiger partial charge in [0.2, 0.25) is 0 Å². The lowest BCUT2D eigenvalue weighted by atomic mass is 9.92. The van der Waals surface area contributed by atoms with Crippen LogP contribution in [0.15, 0.2) is 90.3 Å². The standard InChI is InChI=1S/C35H16N4/c1-19-7-6-10-23-21(19)13-14-25-33(23)27-15-26-28(16-29(27)35(25)31(18-37)39-3)34(30(17-36)38-2)24-12-11-20-8-4-5-9-22(20)32(24)26/h4-16H,1H3/b34-30-,35-31+. The van der Waals surface area contributed by atoms with Gasteiger partial charge in [-0.2, -0.15) is 0 Å². The largest absolute Gasteiger partial charge is 0.270 e. The Bertz CT molecular complexity index is 2190. The smallest absolute Gasteiger partial charge is 0.226 e. The summed E-state index contributed by atoms with van der Waals surface area (Å²) in [5, 5.41) is 24.2. The van der Waals surface area contributed by atoms with Crippen LogP contribution in [0.4, 0.5) is 0 Å². The number of fused-ring (bicyclic) bond motifs is 10. The average Bonchev–Trinajstić information content (AvgIpc) is 3.46. The maximum atomic E-state index is 9.95. The quantitative estimate of drug-likeness (QED) is 0.157. The Balaban J connectivity index is 1.70. The van der Waals surface area contributed by atoms with Crippen LogP contribution in [-0.4, -0.2) is 0 Å². The van der Waals surface area contributed by atoms with Gasteiger partial charge in [-0.15, -0.1) is 0 Å². The minimum Gasteiger partial charge on any atom is -0.226 e. The van der Waals surface area contributed by atoms with Crippen LogP contribution in [0, 0.1) is 42.7 Å². The van der Waals surface area contributed by atoms with Crippen molar-refractivity contribution in [3.05, 3.63) is 141 Å². The third-order valence-electron chi connectivity index (χ3n) is 7.89. The Morgan fingerprint density at radius 1 is 0.590 bits per heavy atom. The zero-order chi connectivity index (χ0) is 26.8. The van der Waals surface area contributed by atoms with E-state index in [-0.39, 0.29) is 11.4 Å². The van der Waals surface area contributed by atoms with Gasteiger partial charge in [-0.25, -0.2) is 20.2 Å². The molecule has 0 bridgehead atoms. The molecule has 0 aliphatic heterocycles. The molecule has 0 amide bonds. The fraction of sp³-hybridized carbons (Fsp3) is 0.0286. The van der Waals surface area contributed by atoms with E-state index in [1.807, 2.05) is 42.5 Å². The van der Waals surface area contributed by atoms with Crippen molar-refractivity contribution in [1.29, 1.82) is 10.5 Å². The molecule has 0 aromatic heterocycles. The molecule has 0 unspecified atom stereocenters. The highest BCUT2D eigenvalue weighted by Gasteiger charge is 2.34. The molecule has 4 heteroatoms. The van der Waals surface area contributed by atoms with Gasteiger partial charge in [0.05, 0.1) is 25.3 Å². The van der Waals surface area contributed by atoms with Crippen LogP contribution in [0.25, 0.3) is 64.6 Å². The highest BCUT2D eigenvalue weighted by molar-refractivity contribution is 6.18. The van der Waals surface area contributed by atoms with E-state index in [2.05, 4.69) is 65.2 Å². The molecular weight excluding hydrogens is 476 g/mol. The van der Waals surface area contributed by atoms with Crippen LogP contribution in [0.3, 0.4) is 0 Å². The molecule has 0 atom stereocenters. The SMILES string of the molecule is [C-]#[N+]/C(C#N)=C1/c2cc3c(cc2-c2c1ccc1c(C)cccc21)-c1c(ccc2ccccc12)/C3=C(\C#N)[N+]#[C-]. The molecule has 5 aromatic carbocycles. The van der Waals surface area contributed by atoms with Crippen molar-refractivity contribution in [3.63, 3.8) is 0 Å². The van der Waals surface area contributed by atoms with Crippen LogP contribution >= 0.6 is 0 Å². The molecule has 0 spiro atoms. The van der Waals surface area contributed by atoms with Gasteiger partial charge in [0.25, 0.3) is 11.4 Å². The number of aryl methyl sites for hydroxylation is 1. The van der Waals surface area contributed by atoms with Crippen LogP contribution < -0.4 is 0 Å². The summed E-state index contributed by atoms with van der Waals surface area (Å²) in [6.45, 7) is 17.6. The maximum Gasteiger partial charge on any atom is 0.270 e. The molecule has 5 aromatic rings. The van der Waals surface area contributed by atoms with Crippen LogP contribution in [0.1, 0.15) is 27.8 Å². The summed E-state index contributed by atoms with van der Waals surface area (Å²) in [6.07, 6.45) is 0. The highest BCUT2D eigenvalue weighted by Crippen LogP contribution is 2.56. The molecule has 7 rings (SSSR count). The number of hydrogen-bond donors (Lipinski definition) is 0. The highest BCUT2D eigenvalue weighted by atomic mass is 14.7. The van der Waals surface area contributed by atoms with Crippen molar-refractivity contribution in [1.82, 2.24) is 0 Å². The van der Waals surface area contributed by atoms with E-state index in [1.54, 1.807) is 0 Å². The molecule has 0 heterocycles. The van der Waals surface area contributed by atoms with Crippen molar-refractivity contribution in [2.75, 3.05) is 0 Å². The molecule has 0 radical (unpaired) electrons. The zero-order valence-electron chi connectivity index (χ0n) is 20.8. The normalized spacial score (nSPS) is 14.8. The molecule has 176 valence electrons. The van der Waals surface area contributed by atoms with Crippen LogP contribution in [-0.2, 0) is 0 Å². The van der Waals surface area contributed by atoms with Crippen molar-refractivity contribution < 1.29 is 0 Å². The second kappa shape index (κ2) is 8.03. The van der Waals surface area contributed by atoms with Crippen molar-refractivity contribution in [3.8, 4) is 34.4 Å². The molecule has 0 saturated carbocycles. The van der Waals surface area contributed by atoms with E-state index in [9.17, 15) is 10.5 Å². The van der Waals surface area contributed by atoms with E-state index in [0.29, 0.717) is 11.1 Å². The lowest BCUT2D eigenvalue weighted by molar-refractivity contribution is 1.48. The van der Waals surface area contributed by atoms with Crippen LogP contribution in [0.2, 0.25) is 0 Å². The second-order valence-corrected chi connectivity index (χ2v) is 9.71. The number of allylic oxidation sites excluding steroid dienone is 2. The first-order valence-corrected chi connectivity index (χ1v) is 12.4. The predicted octanol–water partition coefficient (Wildman–Crippen LogP) is 8.67. The fourth-order valence-electron chi connectivity index (χ4n) is 6.28. The van der Waals surface area contributed by atoms with E-state index in [4.69, 9.17) is 13.1 Å². The fourth-order valence-corrected chi connectivity index (χ4v) is 6.28. The Kier molecular flexibility index (Phi) is 4.59. The third-order valence-corrected chi connectivity index (χ3v) is 7.89. The Morgan fingerprint density at radius 3 is 1.79 bits per heavy atom. The first-order chi connectivity index (χ1) is 19.1. The predicted molar refractivity (Wildman–Crippen MR) is 154 cm³/mol. The number of rotatable bonds is 0. The summed E-state index contributed by atoms with van der Waals surface area (Å²) in [6, 6.07) is 30.8. The topological polar surface area (TPSA) is 56.3 Å². The molecule has 39 heavy (non-hydrogen) atoms. The van der Waals surface area contributed by atoms with Gasteiger partial charge in [-0.3, -0.25) is 0 Å². The lowest BCUT2D eigenvalue weighted by Crippen LogP contribution is -1.90. The molecule has 0 saturated heterocycles. The van der Waals surface area contributed by atoms with Gasteiger partial charge < -0.3 is 0 Å². The third kappa shape index (κ3) is 2.84. The molecule has 4 nitrogen and oxygen atoms in total. The first-order valence-electron chi connectivity index (χ1n) is 12.4. The summed E-state index contributed by atoms with van der Waals surface area (Å²) < 4.78 is 0. The van der Waals surface area contributed by atoms with E-state index in [0.717, 1.165) is 71.6 Å². The number of nitrogens with zero attached hydrogens (tertiary/aromatic N) is 4. The summed E-state index contributed by atoms with van der Waals surface area (Å²) in [5.74, 6) is 0. The minimum atomic E-state index is 0.0260. The molecule has 2 aliphatic rings. The van der Waals surface area contributed by atoms with E-state index < -0.39 is 0 Å². The second-order valence-electron chi connectivity index (χ2n) is 9.71. The molecular formula is C35H16N4. The Morgan fingerprint density at radius 2 is 1.15 bits per heavy atom. The van der Waals surface area contributed by atoms with Gasteiger partial charge in [0.15, 0.2) is 0 Å². The molecule has 0 N–H and O–H groups in total. The Hall–Kier alpha value is -5.94. The monoisotopic (exact) mass is 492 g/mol. The van der Waals surface area contributed by atoms with Gasteiger partial charge in [0.1, 0.15) is 0 Å². The molecule has 2 aliphatic carbocycles. The average molecular weight is 493 g/mol. The summed E-state index contributed by atoms with van der Waals surface area (Å²) in [4.78, 5) is 7.19. The first kappa shape index (κ1) is 22.3. The van der Waals surface area contributed by atoms with Gasteiger partial charge >= 0.3 is 0 Å². The van der Waals surface area contributed by atoms with Gasteiger partial charge in [0, 0.05) is 11.1 Å². The summed E-state index contributed by atoms with van der Waals surface area (Å²) in [5.41, 5.74) is 9.58. The van der Waals surface area contributed by atoms with Crippen molar-refractivity contribution in [2.24, 2.45) is 0 Å². The van der Waals surface area contributed by atoms with Crippen LogP contribution in [0.5, 0.6) is 0 Å². The number of hydrogen-bond acceptors (Lipinski definition) is 2. The summed E-state index contributed by atoms with van der Waals surface area (Å²) >= 11 is 0. The van der Waals surface area contributed by atoms with E-state index >= 15 is 0 Å². The maximum absolute atomic E-state index is 9.95. The zero-order valence-corrected chi connectivity index (χ0v) is 20.8. The van der Waals surface area contributed by atoms with Gasteiger partial charge in [-0.05, 0) is 90.7 Å². The molecule has 0 fully saturated rings. The number of nitriles is 2. The lowest BCUT2D eigenvalue weighted by Gasteiger charge is -2.11. The van der Waals surface area contributed by atoms with Crippen molar-refractivity contribution >= 4 is 32.7 Å². The number of benzene rings is 5. The minimum absolute atomic E-state index is 0.0260.